The Kier molecular flexibility index (Phi) is 2.61. The van der Waals surface area contributed by atoms with Crippen molar-refractivity contribution in [2.45, 2.75) is 38.1 Å². The van der Waals surface area contributed by atoms with E-state index in [1.54, 1.807) is 6.20 Å². The van der Waals surface area contributed by atoms with E-state index in [9.17, 15) is 9.18 Å². The molecule has 4 rings (SSSR count). The van der Waals surface area contributed by atoms with Gasteiger partial charge in [-0.2, -0.15) is 0 Å². The number of fused-ring (bicyclic) bond motifs is 1. The van der Waals surface area contributed by atoms with Crippen molar-refractivity contribution < 1.29 is 9.18 Å². The Bertz CT molecular complexity index is 558. The van der Waals surface area contributed by atoms with Crippen LogP contribution in [0.1, 0.15) is 43.7 Å². The third-order valence-electron chi connectivity index (χ3n) is 4.96. The molecule has 0 N–H and O–H groups in total. The Morgan fingerprint density at radius 1 is 1.25 bits per heavy atom. The minimum atomic E-state index is -0.329. The van der Waals surface area contributed by atoms with Crippen molar-refractivity contribution in [1.29, 1.82) is 0 Å². The van der Waals surface area contributed by atoms with Gasteiger partial charge in [0.05, 0.1) is 17.7 Å². The molecule has 4 nitrogen and oxygen atoms in total. The van der Waals surface area contributed by atoms with Crippen LogP contribution in [0.25, 0.3) is 0 Å². The lowest BCUT2D eigenvalue weighted by Gasteiger charge is -2.32. The molecule has 1 atom stereocenters. The number of halogens is 1. The Hall–Kier alpha value is -1.49. The van der Waals surface area contributed by atoms with Gasteiger partial charge in [0.25, 0.3) is 0 Å². The maximum absolute atomic E-state index is 13.4. The predicted molar refractivity (Wildman–Crippen MR) is 70.9 cm³/mol. The summed E-state index contributed by atoms with van der Waals surface area (Å²) in [6, 6.07) is 1.47. The Labute approximate surface area is 117 Å². The second-order valence-corrected chi connectivity index (χ2v) is 6.23. The van der Waals surface area contributed by atoms with Gasteiger partial charge >= 0.3 is 0 Å². The van der Waals surface area contributed by atoms with Crippen LogP contribution in [-0.4, -0.2) is 34.0 Å². The number of hydrogen-bond donors (Lipinski definition) is 0. The minimum Gasteiger partial charge on any atom is -0.273 e. The molecule has 1 unspecified atom stereocenters. The lowest BCUT2D eigenvalue weighted by Crippen LogP contribution is -2.44. The van der Waals surface area contributed by atoms with Crippen molar-refractivity contribution >= 4 is 5.91 Å². The number of carbonyl (C=O) groups is 1. The average Bonchev–Trinajstić information content (AvgIpc) is 3.13. The molecule has 2 saturated heterocycles. The lowest BCUT2D eigenvalue weighted by molar-refractivity contribution is -0.151. The molecule has 1 spiro atoms. The maximum Gasteiger partial charge on any atom is 0.243 e. The standard InChI is InChI=1S/C15H18FN3O/c16-12-8-11(9-17-10-12)13-2-7-18-6-1-3-15(4-5-15)14(20)19(13)18/h8-10,13H,1-7H2. The minimum absolute atomic E-state index is 0.0405. The zero-order valence-electron chi connectivity index (χ0n) is 11.4. The number of rotatable bonds is 1. The van der Waals surface area contributed by atoms with Crippen LogP contribution in [0.15, 0.2) is 18.5 Å². The van der Waals surface area contributed by atoms with Crippen LogP contribution in [0.2, 0.25) is 0 Å². The number of hydrogen-bond acceptors (Lipinski definition) is 3. The van der Waals surface area contributed by atoms with Crippen LogP contribution in [0.4, 0.5) is 4.39 Å². The van der Waals surface area contributed by atoms with Crippen LogP contribution in [0.3, 0.4) is 0 Å². The van der Waals surface area contributed by atoms with Gasteiger partial charge in [-0.3, -0.25) is 14.8 Å². The van der Waals surface area contributed by atoms with Crippen molar-refractivity contribution in [3.05, 3.63) is 29.8 Å². The molecule has 2 aliphatic heterocycles. The van der Waals surface area contributed by atoms with E-state index in [1.807, 2.05) is 5.01 Å². The molecular formula is C15H18FN3O. The van der Waals surface area contributed by atoms with Crippen molar-refractivity contribution in [2.75, 3.05) is 13.1 Å². The number of hydrazine groups is 1. The van der Waals surface area contributed by atoms with E-state index in [4.69, 9.17) is 0 Å². The summed E-state index contributed by atoms with van der Waals surface area (Å²) in [7, 11) is 0. The molecule has 0 bridgehead atoms. The number of carbonyl (C=O) groups excluding carboxylic acids is 1. The lowest BCUT2D eigenvalue weighted by atomic mass is 9.98. The fourth-order valence-corrected chi connectivity index (χ4v) is 3.67. The van der Waals surface area contributed by atoms with Gasteiger partial charge in [-0.15, -0.1) is 0 Å². The molecule has 0 aromatic carbocycles. The molecule has 1 aromatic heterocycles. The van der Waals surface area contributed by atoms with Gasteiger partial charge in [-0.25, -0.2) is 9.40 Å². The Balaban J connectivity index is 1.69. The van der Waals surface area contributed by atoms with E-state index in [2.05, 4.69) is 9.99 Å². The molecule has 20 heavy (non-hydrogen) atoms. The summed E-state index contributed by atoms with van der Waals surface area (Å²) in [6.45, 7) is 1.82. The van der Waals surface area contributed by atoms with Crippen molar-refractivity contribution in [3.8, 4) is 0 Å². The highest BCUT2D eigenvalue weighted by molar-refractivity contribution is 5.85. The molecular weight excluding hydrogens is 257 g/mol. The molecule has 106 valence electrons. The van der Waals surface area contributed by atoms with Crippen LogP contribution >= 0.6 is 0 Å². The second-order valence-electron chi connectivity index (χ2n) is 6.23. The summed E-state index contributed by atoms with van der Waals surface area (Å²) in [5.74, 6) is -0.0777. The van der Waals surface area contributed by atoms with Crippen molar-refractivity contribution in [3.63, 3.8) is 0 Å². The summed E-state index contributed by atoms with van der Waals surface area (Å²) >= 11 is 0. The molecule has 1 amide bonds. The van der Waals surface area contributed by atoms with Gasteiger partial charge in [0, 0.05) is 19.3 Å². The van der Waals surface area contributed by atoms with E-state index < -0.39 is 0 Å². The molecule has 1 saturated carbocycles. The largest absolute Gasteiger partial charge is 0.273 e. The summed E-state index contributed by atoms with van der Waals surface area (Å²) in [5.41, 5.74) is 0.719. The topological polar surface area (TPSA) is 36.4 Å². The molecule has 5 heteroatoms. The fourth-order valence-electron chi connectivity index (χ4n) is 3.67. The van der Waals surface area contributed by atoms with Gasteiger partial charge in [0.2, 0.25) is 5.91 Å². The smallest absolute Gasteiger partial charge is 0.243 e. The van der Waals surface area contributed by atoms with E-state index >= 15 is 0 Å². The SMILES string of the molecule is O=C1N2C(c3cncc(F)c3)CCN2CCCC12CC2. The molecule has 3 aliphatic rings. The molecule has 3 heterocycles. The number of pyridine rings is 1. The van der Waals surface area contributed by atoms with E-state index in [0.29, 0.717) is 0 Å². The van der Waals surface area contributed by atoms with E-state index in [-0.39, 0.29) is 23.2 Å². The van der Waals surface area contributed by atoms with Crippen LogP contribution in [-0.2, 0) is 4.79 Å². The summed E-state index contributed by atoms with van der Waals surface area (Å²) in [5, 5.41) is 4.07. The first kappa shape index (κ1) is 12.3. The first-order chi connectivity index (χ1) is 9.70. The third kappa shape index (κ3) is 1.76. The normalized spacial score (nSPS) is 28.6. The third-order valence-corrected chi connectivity index (χ3v) is 4.96. The van der Waals surface area contributed by atoms with Gasteiger partial charge in [-0.05, 0) is 43.7 Å². The number of nitrogens with zero attached hydrogens (tertiary/aromatic N) is 3. The number of aromatic nitrogens is 1. The summed E-state index contributed by atoms with van der Waals surface area (Å²) in [6.07, 6.45) is 7.89. The van der Waals surface area contributed by atoms with Gasteiger partial charge < -0.3 is 0 Å². The first-order valence-electron chi connectivity index (χ1n) is 7.39. The Morgan fingerprint density at radius 2 is 2.10 bits per heavy atom. The van der Waals surface area contributed by atoms with Crippen LogP contribution < -0.4 is 0 Å². The fraction of sp³-hybridized carbons (Fsp3) is 0.600. The molecule has 3 fully saturated rings. The summed E-state index contributed by atoms with van der Waals surface area (Å²) in [4.78, 5) is 16.8. The monoisotopic (exact) mass is 275 g/mol. The van der Waals surface area contributed by atoms with Gasteiger partial charge in [-0.1, -0.05) is 0 Å². The van der Waals surface area contributed by atoms with Crippen molar-refractivity contribution in [1.82, 2.24) is 15.0 Å². The maximum atomic E-state index is 13.4. The van der Waals surface area contributed by atoms with E-state index in [0.717, 1.165) is 50.8 Å². The predicted octanol–water partition coefficient (Wildman–Crippen LogP) is 2.29. The Morgan fingerprint density at radius 3 is 2.85 bits per heavy atom. The first-order valence-corrected chi connectivity index (χ1v) is 7.39. The average molecular weight is 275 g/mol. The highest BCUT2D eigenvalue weighted by atomic mass is 19.1. The quantitative estimate of drug-likeness (QED) is 0.789. The zero-order chi connectivity index (χ0) is 13.7. The van der Waals surface area contributed by atoms with Gasteiger partial charge in [0.1, 0.15) is 5.82 Å². The second kappa shape index (κ2) is 4.25. The van der Waals surface area contributed by atoms with Crippen molar-refractivity contribution in [2.24, 2.45) is 5.41 Å². The molecule has 0 radical (unpaired) electrons. The highest BCUT2D eigenvalue weighted by Gasteiger charge is 2.55. The highest BCUT2D eigenvalue weighted by Crippen LogP contribution is 2.54. The van der Waals surface area contributed by atoms with Crippen LogP contribution in [0.5, 0.6) is 0 Å². The van der Waals surface area contributed by atoms with E-state index in [1.165, 1.54) is 12.3 Å². The number of amides is 1. The van der Waals surface area contributed by atoms with Crippen LogP contribution in [0, 0.1) is 11.2 Å². The van der Waals surface area contributed by atoms with Gasteiger partial charge in [0.15, 0.2) is 0 Å². The summed E-state index contributed by atoms with van der Waals surface area (Å²) < 4.78 is 13.4. The molecule has 1 aliphatic carbocycles. The zero-order valence-corrected chi connectivity index (χ0v) is 11.4. The molecule has 1 aromatic rings.